The first kappa shape index (κ1) is 27.3. The van der Waals surface area contributed by atoms with E-state index in [0.29, 0.717) is 0 Å². The van der Waals surface area contributed by atoms with Crippen LogP contribution in [0.25, 0.3) is 0 Å². The molecule has 0 aromatic heterocycles. The van der Waals surface area contributed by atoms with Crippen molar-refractivity contribution < 1.29 is 60.7 Å². The zero-order valence-corrected chi connectivity index (χ0v) is 20.0. The molecule has 0 saturated carbocycles. The molecule has 31 heavy (non-hydrogen) atoms. The zero-order valence-electron chi connectivity index (χ0n) is 18.2. The third-order valence-corrected chi connectivity index (χ3v) is 7.00. The van der Waals surface area contributed by atoms with E-state index in [-0.39, 0.29) is 6.61 Å². The van der Waals surface area contributed by atoms with Gasteiger partial charge in [0.15, 0.2) is 0 Å². The molecular formula is C16H30O13P2-2. The lowest BCUT2D eigenvalue weighted by Gasteiger charge is -2.32. The van der Waals surface area contributed by atoms with E-state index in [9.17, 15) is 18.9 Å². The fraction of sp³-hybridized carbons (Fsp3) is 1.00. The minimum Gasteiger partial charge on any atom is -0.756 e. The van der Waals surface area contributed by atoms with Gasteiger partial charge in [-0.05, 0) is 13.8 Å². The van der Waals surface area contributed by atoms with Crippen LogP contribution in [-0.4, -0.2) is 90.5 Å². The lowest BCUT2D eigenvalue weighted by molar-refractivity contribution is -0.238. The first-order valence-electron chi connectivity index (χ1n) is 9.53. The Labute approximate surface area is 181 Å². The van der Waals surface area contributed by atoms with Crippen molar-refractivity contribution >= 4 is 15.6 Å². The predicted octanol–water partition coefficient (Wildman–Crippen LogP) is -0.392. The van der Waals surface area contributed by atoms with Gasteiger partial charge in [-0.15, -0.1) is 0 Å². The third kappa shape index (κ3) is 7.00. The number of hydrogen-bond donors (Lipinski definition) is 0. The Morgan fingerprint density at radius 2 is 1.19 bits per heavy atom. The summed E-state index contributed by atoms with van der Waals surface area (Å²) in [5.74, 6) is 0. The van der Waals surface area contributed by atoms with E-state index >= 15 is 0 Å². The molecule has 13 nitrogen and oxygen atoms in total. The molecule has 2 saturated heterocycles. The quantitative estimate of drug-likeness (QED) is 0.324. The Hall–Kier alpha value is 0.0200. The molecule has 0 bridgehead atoms. The minimum atomic E-state index is -4.89. The molecule has 0 radical (unpaired) electrons. The average Bonchev–Trinajstić information content (AvgIpc) is 3.15. The maximum atomic E-state index is 12.5. The summed E-state index contributed by atoms with van der Waals surface area (Å²) in [5, 5.41) is 0. The number of hydrogen-bond acceptors (Lipinski definition) is 13. The van der Waals surface area contributed by atoms with Crippen LogP contribution in [0.1, 0.15) is 13.8 Å². The number of ether oxygens (including phenoxy) is 5. The second-order valence-corrected chi connectivity index (χ2v) is 9.96. The number of rotatable bonds is 12. The normalized spacial score (nSPS) is 40.0. The summed E-state index contributed by atoms with van der Waals surface area (Å²) in [5.41, 5.74) is 0. The SMILES string of the molecule is COC[C@H]1O[C@@H](C)[C@H](OC)[C@@H]1OP(=O)([O-])OC[C@H]1O[C@@H](C)[C@H](OC)[C@@H]1OP(=O)([O-])OC. The summed E-state index contributed by atoms with van der Waals surface area (Å²) in [6.07, 6.45) is -6.47. The van der Waals surface area contributed by atoms with Crippen LogP contribution in [0.3, 0.4) is 0 Å². The summed E-state index contributed by atoms with van der Waals surface area (Å²) in [6.45, 7) is 2.85. The summed E-state index contributed by atoms with van der Waals surface area (Å²) in [7, 11) is -4.41. The van der Waals surface area contributed by atoms with Gasteiger partial charge in [0.1, 0.15) is 36.6 Å². The molecule has 0 spiro atoms. The molecule has 184 valence electrons. The molecule has 0 aromatic rings. The monoisotopic (exact) mass is 492 g/mol. The van der Waals surface area contributed by atoms with E-state index in [4.69, 9.17) is 37.3 Å². The van der Waals surface area contributed by atoms with E-state index in [1.54, 1.807) is 13.8 Å². The summed E-state index contributed by atoms with van der Waals surface area (Å²) in [6, 6.07) is 0. The van der Waals surface area contributed by atoms with E-state index in [1.165, 1.54) is 21.3 Å². The first-order valence-corrected chi connectivity index (χ1v) is 12.4. The molecule has 2 aliphatic heterocycles. The van der Waals surface area contributed by atoms with Crippen LogP contribution in [0, 0.1) is 0 Å². The van der Waals surface area contributed by atoms with Crippen LogP contribution in [0.2, 0.25) is 0 Å². The van der Waals surface area contributed by atoms with Crippen molar-refractivity contribution in [2.75, 3.05) is 41.7 Å². The molecule has 0 N–H and O–H groups in total. The largest absolute Gasteiger partial charge is 0.756 e. The lowest BCUT2D eigenvalue weighted by Crippen LogP contribution is -2.40. The average molecular weight is 492 g/mol. The first-order chi connectivity index (χ1) is 14.5. The van der Waals surface area contributed by atoms with Gasteiger partial charge in [0.2, 0.25) is 0 Å². The van der Waals surface area contributed by atoms with Crippen LogP contribution in [0.5, 0.6) is 0 Å². The highest BCUT2D eigenvalue weighted by Crippen LogP contribution is 2.47. The maximum Gasteiger partial charge on any atom is 0.268 e. The Kier molecular flexibility index (Phi) is 10.1. The van der Waals surface area contributed by atoms with Gasteiger partial charge >= 0.3 is 0 Å². The third-order valence-electron chi connectivity index (χ3n) is 5.08. The molecular weight excluding hydrogens is 462 g/mol. The fourth-order valence-electron chi connectivity index (χ4n) is 3.69. The van der Waals surface area contributed by atoms with Gasteiger partial charge in [-0.25, -0.2) is 0 Å². The molecule has 2 fully saturated rings. The summed E-state index contributed by atoms with van der Waals surface area (Å²) < 4.78 is 70.6. The van der Waals surface area contributed by atoms with Crippen molar-refractivity contribution in [1.82, 2.24) is 0 Å². The molecule has 0 aliphatic carbocycles. The Bertz CT molecular complexity index is 663. The van der Waals surface area contributed by atoms with Crippen molar-refractivity contribution in [3.63, 3.8) is 0 Å². The Morgan fingerprint density at radius 1 is 0.742 bits per heavy atom. The molecule has 10 atom stereocenters. The van der Waals surface area contributed by atoms with Crippen molar-refractivity contribution in [2.45, 2.75) is 62.7 Å². The molecule has 2 heterocycles. The van der Waals surface area contributed by atoms with Crippen LogP contribution in [-0.2, 0) is 50.9 Å². The van der Waals surface area contributed by atoms with E-state index < -0.39 is 71.1 Å². The number of phosphoric acid groups is 2. The Morgan fingerprint density at radius 3 is 1.61 bits per heavy atom. The molecule has 15 heteroatoms. The van der Waals surface area contributed by atoms with Crippen molar-refractivity contribution in [3.8, 4) is 0 Å². The topological polar surface area (TPSA) is 163 Å². The van der Waals surface area contributed by atoms with Gasteiger partial charge in [0, 0.05) is 28.4 Å². The van der Waals surface area contributed by atoms with Gasteiger partial charge in [-0.2, -0.15) is 0 Å². The van der Waals surface area contributed by atoms with Crippen molar-refractivity contribution in [1.29, 1.82) is 0 Å². The molecule has 2 aliphatic rings. The highest BCUT2D eigenvalue weighted by Gasteiger charge is 2.48. The van der Waals surface area contributed by atoms with Crippen LogP contribution >= 0.6 is 15.6 Å². The van der Waals surface area contributed by atoms with Gasteiger partial charge in [-0.3, -0.25) is 9.13 Å². The lowest BCUT2D eigenvalue weighted by atomic mass is 10.1. The number of methoxy groups -OCH3 is 3. The summed E-state index contributed by atoms with van der Waals surface area (Å²) in [4.78, 5) is 24.3. The highest BCUT2D eigenvalue weighted by molar-refractivity contribution is 7.46. The predicted molar refractivity (Wildman–Crippen MR) is 100 cm³/mol. The van der Waals surface area contributed by atoms with Crippen LogP contribution in [0.4, 0.5) is 0 Å². The molecule has 0 amide bonds. The van der Waals surface area contributed by atoms with Gasteiger partial charge in [-0.1, -0.05) is 0 Å². The molecule has 2 rings (SSSR count). The van der Waals surface area contributed by atoms with Crippen LogP contribution < -0.4 is 9.79 Å². The smallest absolute Gasteiger partial charge is 0.268 e. The maximum absolute atomic E-state index is 12.5. The number of phosphoric ester groups is 2. The van der Waals surface area contributed by atoms with Gasteiger partial charge in [0.25, 0.3) is 15.6 Å². The second-order valence-electron chi connectivity index (χ2n) is 7.13. The molecule has 0 aromatic carbocycles. The standard InChI is InChI=1S/C16H32O13P2/c1-9-13(22-4)15(11(26-9)7-21-3)29-31(19,20)25-8-12-16(28-30(17,18)24-6)14(23-5)10(2)27-12/h9-16H,7-8H2,1-6H3,(H,17,18)(H,19,20)/p-2/t9-,10-,11+,12+,13-,14-,15+,16+/m0/s1. The highest BCUT2D eigenvalue weighted by atomic mass is 31.2. The Balaban J connectivity index is 2.06. The summed E-state index contributed by atoms with van der Waals surface area (Å²) >= 11 is 0. The molecule has 2 unspecified atom stereocenters. The van der Waals surface area contributed by atoms with E-state index in [1.807, 2.05) is 0 Å². The van der Waals surface area contributed by atoms with Gasteiger partial charge < -0.3 is 51.6 Å². The van der Waals surface area contributed by atoms with Crippen molar-refractivity contribution in [2.24, 2.45) is 0 Å². The van der Waals surface area contributed by atoms with Crippen LogP contribution in [0.15, 0.2) is 0 Å². The minimum absolute atomic E-state index is 0.0827. The van der Waals surface area contributed by atoms with Crippen molar-refractivity contribution in [3.05, 3.63) is 0 Å². The van der Waals surface area contributed by atoms with Gasteiger partial charge in [0.05, 0.1) is 25.4 Å². The second kappa shape index (κ2) is 11.4. The fourth-order valence-corrected chi connectivity index (χ4v) is 5.28. The van der Waals surface area contributed by atoms with E-state index in [2.05, 4.69) is 4.52 Å². The zero-order chi connectivity index (χ0) is 23.4. The van der Waals surface area contributed by atoms with E-state index in [0.717, 1.165) is 7.11 Å².